The topological polar surface area (TPSA) is 35.5 Å². The maximum Gasteiger partial charge on any atom is 0.153 e. The van der Waals surface area contributed by atoms with Crippen LogP contribution in [0.15, 0.2) is 6.07 Å². The Labute approximate surface area is 86.6 Å². The number of methoxy groups -OCH3 is 1. The lowest BCUT2D eigenvalue weighted by molar-refractivity contribution is 0.112. The minimum absolute atomic E-state index is 0.391. The van der Waals surface area contributed by atoms with Crippen LogP contribution in [-0.4, -0.2) is 20.0 Å². The third-order valence-electron chi connectivity index (χ3n) is 2.23. The van der Waals surface area contributed by atoms with E-state index in [1.54, 1.807) is 6.07 Å². The summed E-state index contributed by atoms with van der Waals surface area (Å²) in [5.41, 5.74) is 1.44. The van der Waals surface area contributed by atoms with Gasteiger partial charge in [0, 0.05) is 12.0 Å². The van der Waals surface area contributed by atoms with E-state index in [4.69, 9.17) is 21.1 Å². The second kappa shape index (κ2) is 3.50. The molecule has 0 spiro atoms. The summed E-state index contributed by atoms with van der Waals surface area (Å²) < 4.78 is 10.4. The largest absolute Gasteiger partial charge is 0.494 e. The van der Waals surface area contributed by atoms with Gasteiger partial charge in [-0.05, 0) is 6.07 Å². The molecule has 0 aliphatic carbocycles. The smallest absolute Gasteiger partial charge is 0.153 e. The van der Waals surface area contributed by atoms with E-state index in [1.165, 1.54) is 7.11 Å². The molecule has 0 saturated carbocycles. The van der Waals surface area contributed by atoms with Crippen LogP contribution >= 0.6 is 11.6 Å². The highest BCUT2D eigenvalue weighted by molar-refractivity contribution is 6.34. The number of carbonyl (C=O) groups excluding carboxylic acids is 1. The van der Waals surface area contributed by atoms with E-state index < -0.39 is 0 Å². The molecule has 0 unspecified atom stereocenters. The van der Waals surface area contributed by atoms with Crippen molar-refractivity contribution in [2.24, 2.45) is 0 Å². The van der Waals surface area contributed by atoms with Crippen molar-refractivity contribution >= 4 is 17.9 Å². The molecule has 4 heteroatoms. The highest BCUT2D eigenvalue weighted by Crippen LogP contribution is 2.41. The molecule has 2 rings (SSSR count). The molecule has 14 heavy (non-hydrogen) atoms. The summed E-state index contributed by atoms with van der Waals surface area (Å²) in [6, 6.07) is 1.76. The maximum absolute atomic E-state index is 10.8. The molecule has 1 aliphatic rings. The normalized spacial score (nSPS) is 13.3. The monoisotopic (exact) mass is 212 g/mol. The second-order valence-corrected chi connectivity index (χ2v) is 3.40. The SMILES string of the molecule is COc1c(C=O)cc2c(c1Cl)OCC2. The third kappa shape index (κ3) is 1.24. The van der Waals surface area contributed by atoms with Gasteiger partial charge in [0.05, 0.1) is 19.3 Å². The molecule has 0 atom stereocenters. The van der Waals surface area contributed by atoms with E-state index in [1.807, 2.05) is 0 Å². The Balaban J connectivity index is 2.65. The average molecular weight is 213 g/mol. The van der Waals surface area contributed by atoms with Crippen molar-refractivity contribution in [2.75, 3.05) is 13.7 Å². The van der Waals surface area contributed by atoms with E-state index in [2.05, 4.69) is 0 Å². The first-order valence-corrected chi connectivity index (χ1v) is 4.63. The Bertz CT molecular complexity index is 387. The molecule has 3 nitrogen and oxygen atoms in total. The minimum Gasteiger partial charge on any atom is -0.494 e. The van der Waals surface area contributed by atoms with Gasteiger partial charge in [-0.2, -0.15) is 0 Å². The van der Waals surface area contributed by atoms with E-state index in [0.29, 0.717) is 28.7 Å². The van der Waals surface area contributed by atoms with Gasteiger partial charge in [-0.15, -0.1) is 0 Å². The van der Waals surface area contributed by atoms with E-state index in [0.717, 1.165) is 18.3 Å². The van der Waals surface area contributed by atoms with Crippen molar-refractivity contribution < 1.29 is 14.3 Å². The molecule has 0 radical (unpaired) electrons. The molecule has 1 aromatic carbocycles. The fourth-order valence-electron chi connectivity index (χ4n) is 1.59. The van der Waals surface area contributed by atoms with Crippen LogP contribution in [0.4, 0.5) is 0 Å². The number of hydrogen-bond donors (Lipinski definition) is 0. The van der Waals surface area contributed by atoms with Crippen molar-refractivity contribution in [3.05, 3.63) is 22.2 Å². The van der Waals surface area contributed by atoms with Crippen LogP contribution in [0.5, 0.6) is 11.5 Å². The zero-order chi connectivity index (χ0) is 10.1. The highest BCUT2D eigenvalue weighted by atomic mass is 35.5. The fraction of sp³-hybridized carbons (Fsp3) is 0.300. The van der Waals surface area contributed by atoms with Crippen LogP contribution in [0.1, 0.15) is 15.9 Å². The lowest BCUT2D eigenvalue weighted by Gasteiger charge is -2.09. The van der Waals surface area contributed by atoms with Gasteiger partial charge < -0.3 is 9.47 Å². The number of ether oxygens (including phenoxy) is 2. The Hall–Kier alpha value is -1.22. The van der Waals surface area contributed by atoms with Crippen molar-refractivity contribution in [3.8, 4) is 11.5 Å². The van der Waals surface area contributed by atoms with Gasteiger partial charge in [-0.25, -0.2) is 0 Å². The van der Waals surface area contributed by atoms with Crippen LogP contribution in [0, 0.1) is 0 Å². The van der Waals surface area contributed by atoms with Gasteiger partial charge in [-0.3, -0.25) is 4.79 Å². The Kier molecular flexibility index (Phi) is 2.33. The molecule has 0 saturated heterocycles. The van der Waals surface area contributed by atoms with Crippen molar-refractivity contribution in [1.29, 1.82) is 0 Å². The van der Waals surface area contributed by atoms with Crippen molar-refractivity contribution in [1.82, 2.24) is 0 Å². The molecule has 1 aliphatic heterocycles. The zero-order valence-electron chi connectivity index (χ0n) is 7.67. The molecule has 1 aromatic rings. The van der Waals surface area contributed by atoms with Crippen LogP contribution in [0.2, 0.25) is 5.02 Å². The van der Waals surface area contributed by atoms with Crippen LogP contribution < -0.4 is 9.47 Å². The van der Waals surface area contributed by atoms with E-state index in [-0.39, 0.29) is 0 Å². The quantitative estimate of drug-likeness (QED) is 0.705. The first kappa shape index (κ1) is 9.34. The summed E-state index contributed by atoms with van der Waals surface area (Å²) in [6.45, 7) is 0.612. The summed E-state index contributed by atoms with van der Waals surface area (Å²) in [5.74, 6) is 1.04. The summed E-state index contributed by atoms with van der Waals surface area (Å²) in [6.07, 6.45) is 1.53. The Morgan fingerprint density at radius 1 is 1.64 bits per heavy atom. The van der Waals surface area contributed by atoms with Gasteiger partial charge >= 0.3 is 0 Å². The molecule has 0 N–H and O–H groups in total. The molecule has 0 fully saturated rings. The molecular weight excluding hydrogens is 204 g/mol. The van der Waals surface area contributed by atoms with Gasteiger partial charge in [0.25, 0.3) is 0 Å². The van der Waals surface area contributed by atoms with Crippen molar-refractivity contribution in [3.63, 3.8) is 0 Å². The average Bonchev–Trinajstić information content (AvgIpc) is 2.65. The number of aldehydes is 1. The standard InChI is InChI=1S/C10H9ClO3/c1-13-9-7(5-12)4-6-2-3-14-10(6)8(9)11/h4-5H,2-3H2,1H3. The Morgan fingerprint density at radius 3 is 3.07 bits per heavy atom. The third-order valence-corrected chi connectivity index (χ3v) is 2.57. The van der Waals surface area contributed by atoms with E-state index >= 15 is 0 Å². The fourth-order valence-corrected chi connectivity index (χ4v) is 1.95. The van der Waals surface area contributed by atoms with Gasteiger partial charge in [0.15, 0.2) is 12.0 Å². The van der Waals surface area contributed by atoms with Crippen LogP contribution in [0.25, 0.3) is 0 Å². The number of halogens is 1. The summed E-state index contributed by atoms with van der Waals surface area (Å²) in [4.78, 5) is 10.8. The highest BCUT2D eigenvalue weighted by Gasteiger charge is 2.22. The predicted octanol–water partition coefficient (Wildman–Crippen LogP) is 2.10. The predicted molar refractivity (Wildman–Crippen MR) is 52.6 cm³/mol. The summed E-state index contributed by atoms with van der Waals surface area (Å²) in [5, 5.41) is 0.393. The summed E-state index contributed by atoms with van der Waals surface area (Å²) >= 11 is 6.03. The number of hydrogen-bond acceptors (Lipinski definition) is 3. The van der Waals surface area contributed by atoms with Crippen molar-refractivity contribution in [2.45, 2.75) is 6.42 Å². The van der Waals surface area contributed by atoms with Gasteiger partial charge in [0.1, 0.15) is 10.8 Å². The molecule has 0 aromatic heterocycles. The molecular formula is C10H9ClO3. The van der Waals surface area contributed by atoms with Crippen LogP contribution in [0.3, 0.4) is 0 Å². The first-order valence-electron chi connectivity index (χ1n) is 4.25. The molecule has 1 heterocycles. The maximum atomic E-state index is 10.8. The zero-order valence-corrected chi connectivity index (χ0v) is 8.43. The number of carbonyl (C=O) groups is 1. The number of fused-ring (bicyclic) bond motifs is 1. The molecule has 0 amide bonds. The lowest BCUT2D eigenvalue weighted by Crippen LogP contribution is -1.94. The first-order chi connectivity index (χ1) is 6.77. The minimum atomic E-state index is 0.391. The number of benzene rings is 1. The second-order valence-electron chi connectivity index (χ2n) is 3.02. The van der Waals surface area contributed by atoms with Gasteiger partial charge in [-0.1, -0.05) is 11.6 Å². The lowest BCUT2D eigenvalue weighted by atomic mass is 10.1. The van der Waals surface area contributed by atoms with Crippen LogP contribution in [-0.2, 0) is 6.42 Å². The summed E-state index contributed by atoms with van der Waals surface area (Å²) in [7, 11) is 1.48. The Morgan fingerprint density at radius 2 is 2.43 bits per heavy atom. The van der Waals surface area contributed by atoms with Gasteiger partial charge in [0.2, 0.25) is 0 Å². The molecule has 74 valence electrons. The molecule has 0 bridgehead atoms. The number of rotatable bonds is 2. The van der Waals surface area contributed by atoms with E-state index in [9.17, 15) is 4.79 Å².